The van der Waals surface area contributed by atoms with Crippen molar-refractivity contribution in [2.45, 2.75) is 6.92 Å². The standard InChI is InChI=1S/C5H8BN5/c1-3-9-4(6-7)11-5(8-2)10-3/h7H,1-2H3,(H,8,9,10,11). The van der Waals surface area contributed by atoms with Crippen LogP contribution in [-0.2, 0) is 0 Å². The number of anilines is 1. The number of aromatic nitrogens is 3. The number of rotatable bonds is 2. The Morgan fingerprint density at radius 2 is 2.09 bits per heavy atom. The molecule has 11 heavy (non-hydrogen) atoms. The van der Waals surface area contributed by atoms with Crippen molar-refractivity contribution < 1.29 is 0 Å². The molecule has 0 saturated carbocycles. The molecule has 0 spiro atoms. The predicted octanol–water partition coefficient (Wildman–Crippen LogP) is -0.686. The summed E-state index contributed by atoms with van der Waals surface area (Å²) in [4.78, 5) is 11.8. The van der Waals surface area contributed by atoms with Crippen LogP contribution in [0.3, 0.4) is 0 Å². The number of nitrogens with zero attached hydrogens (tertiary/aromatic N) is 3. The van der Waals surface area contributed by atoms with Gasteiger partial charge in [0.2, 0.25) is 0 Å². The van der Waals surface area contributed by atoms with Crippen LogP contribution in [0.25, 0.3) is 0 Å². The van der Waals surface area contributed by atoms with Crippen LogP contribution in [0.1, 0.15) is 5.82 Å². The molecule has 0 radical (unpaired) electrons. The Morgan fingerprint density at radius 1 is 1.36 bits per heavy atom. The molecule has 1 aromatic rings. The van der Waals surface area contributed by atoms with Crippen molar-refractivity contribution in [2.24, 2.45) is 0 Å². The van der Waals surface area contributed by atoms with E-state index >= 15 is 0 Å². The third-order valence-electron chi connectivity index (χ3n) is 1.12. The summed E-state index contributed by atoms with van der Waals surface area (Å²) in [7, 11) is 2.82. The van der Waals surface area contributed by atoms with Crippen LogP contribution in [0.2, 0.25) is 0 Å². The second kappa shape index (κ2) is 3.18. The van der Waals surface area contributed by atoms with Gasteiger partial charge in [0.1, 0.15) is 0 Å². The first-order valence-corrected chi connectivity index (χ1v) is 3.17. The summed E-state index contributed by atoms with van der Waals surface area (Å²) in [5, 5.41) is 9.68. The van der Waals surface area contributed by atoms with E-state index in [1.54, 1.807) is 14.0 Å². The molecule has 1 aromatic heterocycles. The molecule has 0 fully saturated rings. The summed E-state index contributed by atoms with van der Waals surface area (Å²) in [5.74, 6) is 1.11. The van der Waals surface area contributed by atoms with Gasteiger partial charge in [-0.25, -0.2) is 0 Å². The molecule has 0 aliphatic heterocycles. The Balaban J connectivity index is 3.11. The monoisotopic (exact) mass is 149 g/mol. The molecule has 2 N–H and O–H groups in total. The maximum absolute atomic E-state index is 6.91. The Morgan fingerprint density at radius 3 is 2.64 bits per heavy atom. The van der Waals surface area contributed by atoms with Crippen molar-refractivity contribution in [3.63, 3.8) is 0 Å². The molecule has 1 rings (SSSR count). The zero-order chi connectivity index (χ0) is 8.27. The first-order valence-electron chi connectivity index (χ1n) is 3.17. The molecule has 0 unspecified atom stereocenters. The molecule has 0 aliphatic rings. The zero-order valence-corrected chi connectivity index (χ0v) is 6.42. The Labute approximate surface area is 65.0 Å². The number of nitrogens with one attached hydrogen (secondary N) is 2. The van der Waals surface area contributed by atoms with Crippen LogP contribution in [0.5, 0.6) is 0 Å². The van der Waals surface area contributed by atoms with Crippen LogP contribution >= 0.6 is 0 Å². The third-order valence-corrected chi connectivity index (χ3v) is 1.12. The van der Waals surface area contributed by atoms with Gasteiger partial charge in [-0.05, 0) is 0 Å². The molecule has 0 atom stereocenters. The number of hydrogen-bond acceptors (Lipinski definition) is 5. The van der Waals surface area contributed by atoms with E-state index in [2.05, 4.69) is 20.3 Å². The van der Waals surface area contributed by atoms with Crippen LogP contribution in [-0.4, -0.2) is 29.1 Å². The first-order chi connectivity index (χ1) is 5.26. The van der Waals surface area contributed by atoms with Gasteiger partial charge in [0.25, 0.3) is 0 Å². The molecule has 0 aromatic carbocycles. The molecule has 56 valence electrons. The quantitative estimate of drug-likeness (QED) is 0.546. The molecule has 6 heteroatoms. The Bertz CT molecular complexity index is 274. The van der Waals surface area contributed by atoms with E-state index in [0.29, 0.717) is 17.5 Å². The van der Waals surface area contributed by atoms with Gasteiger partial charge >= 0.3 is 64.1 Å². The van der Waals surface area contributed by atoms with E-state index in [-0.39, 0.29) is 0 Å². The van der Waals surface area contributed by atoms with Gasteiger partial charge in [0.05, 0.1) is 0 Å². The van der Waals surface area contributed by atoms with Gasteiger partial charge in [-0.2, -0.15) is 0 Å². The van der Waals surface area contributed by atoms with Crippen molar-refractivity contribution in [1.82, 2.24) is 15.0 Å². The molecule has 5 nitrogen and oxygen atoms in total. The van der Waals surface area contributed by atoms with Gasteiger partial charge in [-0.15, -0.1) is 0 Å². The normalized spacial score (nSPS) is 8.91. The van der Waals surface area contributed by atoms with Gasteiger partial charge in [-0.1, -0.05) is 0 Å². The second-order valence-electron chi connectivity index (χ2n) is 1.96. The fourth-order valence-corrected chi connectivity index (χ4v) is 0.679. The molecule has 0 aliphatic carbocycles. The van der Waals surface area contributed by atoms with Crippen LogP contribution in [0, 0.1) is 12.2 Å². The molecule has 0 amide bonds. The average molecular weight is 149 g/mol. The minimum atomic E-state index is 0.377. The molecule has 0 bridgehead atoms. The first kappa shape index (κ1) is 7.78. The van der Waals surface area contributed by atoms with Gasteiger partial charge < -0.3 is 0 Å². The van der Waals surface area contributed by atoms with Crippen molar-refractivity contribution in [3.05, 3.63) is 5.82 Å². The summed E-state index contributed by atoms with van der Waals surface area (Å²) >= 11 is 0. The minimum absolute atomic E-state index is 0.377. The van der Waals surface area contributed by atoms with Crippen molar-refractivity contribution >= 4 is 18.7 Å². The molecular formula is C5H8BN5. The summed E-state index contributed by atoms with van der Waals surface area (Å²) in [6, 6.07) is 0. The SMILES string of the molecule is CNc1nc(C)nc(B=N)n1. The van der Waals surface area contributed by atoms with E-state index in [9.17, 15) is 0 Å². The maximum atomic E-state index is 6.91. The topological polar surface area (TPSA) is 74.6 Å². The number of hydrogen-bond donors (Lipinski definition) is 2. The summed E-state index contributed by atoms with van der Waals surface area (Å²) < 4.78 is 0. The van der Waals surface area contributed by atoms with Gasteiger partial charge in [-0.3, -0.25) is 0 Å². The molecule has 0 saturated heterocycles. The average Bonchev–Trinajstić information content (AvgIpc) is 2.03. The summed E-state index contributed by atoms with van der Waals surface area (Å²) in [6.07, 6.45) is 0. The van der Waals surface area contributed by atoms with Gasteiger partial charge in [0.15, 0.2) is 0 Å². The summed E-state index contributed by atoms with van der Waals surface area (Å²) in [6.45, 7) is 1.76. The van der Waals surface area contributed by atoms with Crippen LogP contribution in [0.15, 0.2) is 0 Å². The van der Waals surface area contributed by atoms with E-state index in [1.807, 2.05) is 0 Å². The third kappa shape index (κ3) is 1.79. The Hall–Kier alpha value is -1.33. The predicted molar refractivity (Wildman–Crippen MR) is 42.2 cm³/mol. The van der Waals surface area contributed by atoms with E-state index in [4.69, 9.17) is 5.31 Å². The van der Waals surface area contributed by atoms with Crippen molar-refractivity contribution in [1.29, 1.82) is 5.31 Å². The van der Waals surface area contributed by atoms with E-state index in [1.165, 1.54) is 0 Å². The van der Waals surface area contributed by atoms with Crippen LogP contribution in [0.4, 0.5) is 5.95 Å². The molecule has 1 heterocycles. The van der Waals surface area contributed by atoms with E-state index in [0.717, 1.165) is 7.07 Å². The van der Waals surface area contributed by atoms with Gasteiger partial charge in [0, 0.05) is 0 Å². The Kier molecular flexibility index (Phi) is 2.25. The van der Waals surface area contributed by atoms with Crippen molar-refractivity contribution in [3.8, 4) is 0 Å². The van der Waals surface area contributed by atoms with E-state index < -0.39 is 0 Å². The zero-order valence-electron chi connectivity index (χ0n) is 6.42. The number of aryl methyl sites for hydroxylation is 1. The fourth-order valence-electron chi connectivity index (χ4n) is 0.679. The summed E-state index contributed by atoms with van der Waals surface area (Å²) in [5.41, 5.74) is 0.377. The molecular weight excluding hydrogens is 141 g/mol. The fraction of sp³-hybridized carbons (Fsp3) is 0.400. The van der Waals surface area contributed by atoms with Crippen LogP contribution < -0.4 is 11.0 Å². The van der Waals surface area contributed by atoms with Crippen molar-refractivity contribution in [2.75, 3.05) is 12.4 Å². The second-order valence-corrected chi connectivity index (χ2v) is 1.96.